The average molecular weight is 548 g/mol. The molecule has 1 aromatic rings. The molecule has 1 fully saturated rings. The molecule has 0 aliphatic carbocycles. The highest BCUT2D eigenvalue weighted by atomic mass is 127. The first-order chi connectivity index (χ1) is 13.2. The topological polar surface area (TPSA) is 92.3 Å². The number of hydrogen-bond donors (Lipinski definition) is 2. The maximum atomic E-state index is 12.6. The van der Waals surface area contributed by atoms with Crippen LogP contribution in [0.3, 0.4) is 0 Å². The van der Waals surface area contributed by atoms with Gasteiger partial charge < -0.3 is 20.1 Å². The van der Waals surface area contributed by atoms with Crippen molar-refractivity contribution in [3.63, 3.8) is 0 Å². The SMILES string of the molecule is CN=C(NCc1cc(OC)ccc1OC(F)F)NC[C@H]1CCCN1S(C)(=O)=O.I. The fraction of sp³-hybridized carbons (Fsp3) is 0.588. The molecule has 1 saturated heterocycles. The van der Waals surface area contributed by atoms with Crippen molar-refractivity contribution in [2.45, 2.75) is 32.0 Å². The monoisotopic (exact) mass is 548 g/mol. The zero-order valence-electron chi connectivity index (χ0n) is 16.5. The summed E-state index contributed by atoms with van der Waals surface area (Å²) in [7, 11) is -0.203. The number of nitrogens with one attached hydrogen (secondary N) is 2. The minimum atomic E-state index is -3.25. The highest BCUT2D eigenvalue weighted by molar-refractivity contribution is 14.0. The van der Waals surface area contributed by atoms with Crippen LogP contribution in [0.5, 0.6) is 11.5 Å². The first-order valence-electron chi connectivity index (χ1n) is 8.77. The van der Waals surface area contributed by atoms with E-state index >= 15 is 0 Å². The molecular weight excluding hydrogens is 521 g/mol. The van der Waals surface area contributed by atoms with Crippen LogP contribution >= 0.6 is 24.0 Å². The molecule has 8 nitrogen and oxygen atoms in total. The molecule has 1 heterocycles. The minimum Gasteiger partial charge on any atom is -0.497 e. The second kappa shape index (κ2) is 11.7. The Morgan fingerprint density at radius 1 is 1.38 bits per heavy atom. The fourth-order valence-electron chi connectivity index (χ4n) is 3.10. The van der Waals surface area contributed by atoms with Crippen molar-refractivity contribution in [1.29, 1.82) is 0 Å². The van der Waals surface area contributed by atoms with Crippen LogP contribution in [-0.2, 0) is 16.6 Å². The molecule has 0 bridgehead atoms. The summed E-state index contributed by atoms with van der Waals surface area (Å²) >= 11 is 0. The molecule has 0 aromatic heterocycles. The van der Waals surface area contributed by atoms with Gasteiger partial charge in [0, 0.05) is 38.3 Å². The zero-order chi connectivity index (χ0) is 20.7. The molecule has 1 aliphatic rings. The van der Waals surface area contributed by atoms with Gasteiger partial charge in [0.1, 0.15) is 11.5 Å². The molecule has 0 radical (unpaired) electrons. The van der Waals surface area contributed by atoms with E-state index in [1.165, 1.54) is 29.8 Å². The molecule has 0 saturated carbocycles. The maximum Gasteiger partial charge on any atom is 0.387 e. The number of nitrogens with zero attached hydrogens (tertiary/aromatic N) is 2. The van der Waals surface area contributed by atoms with Crippen LogP contribution in [-0.4, -0.2) is 64.8 Å². The molecule has 1 aromatic carbocycles. The van der Waals surface area contributed by atoms with Crippen molar-refractivity contribution in [1.82, 2.24) is 14.9 Å². The van der Waals surface area contributed by atoms with Crippen molar-refractivity contribution < 1.29 is 26.7 Å². The number of alkyl halides is 2. The molecule has 0 unspecified atom stereocenters. The minimum absolute atomic E-state index is 0. The van der Waals surface area contributed by atoms with Crippen molar-refractivity contribution >= 4 is 40.0 Å². The maximum absolute atomic E-state index is 12.6. The van der Waals surface area contributed by atoms with Crippen LogP contribution in [0, 0.1) is 0 Å². The molecule has 0 amide bonds. The summed E-state index contributed by atoms with van der Waals surface area (Å²) < 4.78 is 60.0. The molecule has 0 spiro atoms. The van der Waals surface area contributed by atoms with Crippen molar-refractivity contribution in [3.05, 3.63) is 23.8 Å². The van der Waals surface area contributed by atoms with E-state index in [4.69, 9.17) is 4.74 Å². The number of methoxy groups -OCH3 is 1. The molecule has 29 heavy (non-hydrogen) atoms. The van der Waals surface area contributed by atoms with Crippen LogP contribution in [0.2, 0.25) is 0 Å². The molecular formula is C17H27F2IN4O4S. The first-order valence-corrected chi connectivity index (χ1v) is 10.6. The summed E-state index contributed by atoms with van der Waals surface area (Å²) in [5.41, 5.74) is 0.473. The van der Waals surface area contributed by atoms with E-state index in [0.717, 1.165) is 12.8 Å². The summed E-state index contributed by atoms with van der Waals surface area (Å²) in [5.74, 6) is 0.972. The second-order valence-electron chi connectivity index (χ2n) is 6.33. The lowest BCUT2D eigenvalue weighted by molar-refractivity contribution is -0.0505. The van der Waals surface area contributed by atoms with Crippen LogP contribution in [0.15, 0.2) is 23.2 Å². The third kappa shape index (κ3) is 7.74. The zero-order valence-corrected chi connectivity index (χ0v) is 19.7. The molecule has 2 rings (SSSR count). The van der Waals surface area contributed by atoms with Gasteiger partial charge in [0.25, 0.3) is 0 Å². The average Bonchev–Trinajstić information content (AvgIpc) is 3.11. The van der Waals surface area contributed by atoms with Gasteiger partial charge in [-0.15, -0.1) is 24.0 Å². The van der Waals surface area contributed by atoms with Gasteiger partial charge in [-0.05, 0) is 31.0 Å². The number of sulfonamides is 1. The van der Waals surface area contributed by atoms with Crippen LogP contribution in [0.25, 0.3) is 0 Å². The normalized spacial score (nSPS) is 17.7. The van der Waals surface area contributed by atoms with Crippen molar-refractivity contribution in [2.24, 2.45) is 4.99 Å². The number of hydrogen-bond acceptors (Lipinski definition) is 5. The van der Waals surface area contributed by atoms with E-state index in [1.807, 2.05) is 0 Å². The standard InChI is InChI=1S/C17H26F2N4O4S.HI/c1-20-17(22-11-13-5-4-8-23(13)28(3,24)25)21-10-12-9-14(26-2)6-7-15(12)27-16(18)19;/h6-7,9,13,16H,4-5,8,10-11H2,1-3H3,(H2,20,21,22);1H/t13-;/m1./s1. The Bertz CT molecular complexity index is 796. The van der Waals surface area contributed by atoms with Gasteiger partial charge in [-0.25, -0.2) is 8.42 Å². The van der Waals surface area contributed by atoms with E-state index in [1.54, 1.807) is 13.1 Å². The van der Waals surface area contributed by atoms with Crippen molar-refractivity contribution in [2.75, 3.05) is 33.5 Å². The number of aliphatic imine (C=N–C) groups is 1. The fourth-order valence-corrected chi connectivity index (χ4v) is 4.28. The van der Waals surface area contributed by atoms with E-state index in [-0.39, 0.29) is 42.3 Å². The van der Waals surface area contributed by atoms with E-state index in [2.05, 4.69) is 20.4 Å². The Morgan fingerprint density at radius 2 is 2.10 bits per heavy atom. The Hall–Kier alpha value is -1.41. The van der Waals surface area contributed by atoms with E-state index in [9.17, 15) is 17.2 Å². The number of benzene rings is 1. The highest BCUT2D eigenvalue weighted by Crippen LogP contribution is 2.25. The van der Waals surface area contributed by atoms with Crippen molar-refractivity contribution in [3.8, 4) is 11.5 Å². The largest absolute Gasteiger partial charge is 0.497 e. The van der Waals surface area contributed by atoms with Gasteiger partial charge in [-0.3, -0.25) is 4.99 Å². The smallest absolute Gasteiger partial charge is 0.387 e. The Morgan fingerprint density at radius 3 is 2.69 bits per heavy atom. The third-order valence-electron chi connectivity index (χ3n) is 4.41. The lowest BCUT2D eigenvalue weighted by atomic mass is 10.2. The van der Waals surface area contributed by atoms with E-state index in [0.29, 0.717) is 30.4 Å². The highest BCUT2D eigenvalue weighted by Gasteiger charge is 2.31. The van der Waals surface area contributed by atoms with Crippen LogP contribution in [0.1, 0.15) is 18.4 Å². The summed E-state index contributed by atoms with van der Waals surface area (Å²) in [6.07, 6.45) is 2.77. The van der Waals surface area contributed by atoms with Gasteiger partial charge in [-0.1, -0.05) is 0 Å². The summed E-state index contributed by atoms with van der Waals surface area (Å²) in [6.45, 7) is -1.87. The van der Waals surface area contributed by atoms with Gasteiger partial charge in [0.2, 0.25) is 10.0 Å². The molecule has 12 heteroatoms. The number of halogens is 3. The second-order valence-corrected chi connectivity index (χ2v) is 8.26. The number of ether oxygens (including phenoxy) is 2. The van der Waals surface area contributed by atoms with Crippen LogP contribution in [0.4, 0.5) is 8.78 Å². The number of rotatable bonds is 8. The quantitative estimate of drug-likeness (QED) is 0.294. The Labute approximate surface area is 187 Å². The molecule has 166 valence electrons. The summed E-state index contributed by atoms with van der Waals surface area (Å²) in [6, 6.07) is 4.40. The lowest BCUT2D eigenvalue weighted by Crippen LogP contribution is -2.46. The predicted octanol–water partition coefficient (Wildman–Crippen LogP) is 2.00. The van der Waals surface area contributed by atoms with Gasteiger partial charge in [-0.2, -0.15) is 13.1 Å². The third-order valence-corrected chi connectivity index (χ3v) is 5.74. The summed E-state index contributed by atoms with van der Waals surface area (Å²) in [4.78, 5) is 4.09. The molecule has 2 N–H and O–H groups in total. The van der Waals surface area contributed by atoms with Gasteiger partial charge >= 0.3 is 6.61 Å². The predicted molar refractivity (Wildman–Crippen MR) is 118 cm³/mol. The molecule has 1 atom stereocenters. The lowest BCUT2D eigenvalue weighted by Gasteiger charge is -2.23. The Balaban J connectivity index is 0.00000420. The Kier molecular flexibility index (Phi) is 10.3. The van der Waals surface area contributed by atoms with Gasteiger partial charge in [0.15, 0.2) is 5.96 Å². The van der Waals surface area contributed by atoms with Gasteiger partial charge in [0.05, 0.1) is 13.4 Å². The number of guanidine groups is 1. The van der Waals surface area contributed by atoms with E-state index < -0.39 is 16.6 Å². The molecule has 1 aliphatic heterocycles. The first kappa shape index (κ1) is 25.6. The van der Waals surface area contributed by atoms with Crippen LogP contribution < -0.4 is 20.1 Å². The summed E-state index contributed by atoms with van der Waals surface area (Å²) in [5, 5.41) is 6.10.